The first-order valence-corrected chi connectivity index (χ1v) is 4.64. The molecule has 2 heteroatoms. The Kier molecular flexibility index (Phi) is 2.69. The summed E-state index contributed by atoms with van der Waals surface area (Å²) in [6, 6.07) is 0. The normalized spacial score (nSPS) is 27.2. The minimum atomic E-state index is -0.272. The van der Waals surface area contributed by atoms with Crippen LogP contribution in [-0.4, -0.2) is 12.6 Å². The predicted octanol–water partition coefficient (Wildman–Crippen LogP) is 2.14. The van der Waals surface area contributed by atoms with Crippen LogP contribution in [-0.2, 0) is 9.59 Å². The summed E-state index contributed by atoms with van der Waals surface area (Å²) in [4.78, 5) is 21.7. The van der Waals surface area contributed by atoms with Gasteiger partial charge < -0.3 is 4.79 Å². The maximum Gasteiger partial charge on any atom is 0.146 e. The van der Waals surface area contributed by atoms with Gasteiger partial charge in [0, 0.05) is 11.3 Å². The van der Waals surface area contributed by atoms with Gasteiger partial charge in [-0.05, 0) is 25.3 Å². The smallest absolute Gasteiger partial charge is 0.146 e. The zero-order valence-electron chi connectivity index (χ0n) is 8.46. The molecule has 0 radical (unpaired) electrons. The van der Waals surface area contributed by atoms with E-state index in [9.17, 15) is 9.59 Å². The highest BCUT2D eigenvalue weighted by Crippen LogP contribution is 2.42. The van der Waals surface area contributed by atoms with Gasteiger partial charge in [0.2, 0.25) is 0 Å². The first kappa shape index (κ1) is 10.2. The molecule has 0 fully saturated rings. The molecule has 1 rings (SSSR count). The number of aldehydes is 2. The molecule has 0 saturated heterocycles. The van der Waals surface area contributed by atoms with Gasteiger partial charge in [0.15, 0.2) is 0 Å². The molecule has 0 aromatic rings. The van der Waals surface area contributed by atoms with Gasteiger partial charge in [-0.25, -0.2) is 0 Å². The number of hydrogen-bond donors (Lipinski definition) is 0. The van der Waals surface area contributed by atoms with E-state index < -0.39 is 0 Å². The van der Waals surface area contributed by atoms with Crippen molar-refractivity contribution in [2.75, 3.05) is 0 Å². The quantitative estimate of drug-likeness (QED) is 0.610. The molecule has 0 N–H and O–H groups in total. The van der Waals surface area contributed by atoms with Gasteiger partial charge in [0.25, 0.3) is 0 Å². The maximum atomic E-state index is 10.9. The molecule has 1 unspecified atom stereocenters. The zero-order valence-corrected chi connectivity index (χ0v) is 8.46. The Hall–Kier alpha value is -0.920. The first-order chi connectivity index (χ1) is 6.04. The topological polar surface area (TPSA) is 34.1 Å². The van der Waals surface area contributed by atoms with Gasteiger partial charge in [-0.1, -0.05) is 19.4 Å². The van der Waals surface area contributed by atoms with Crippen LogP contribution in [0.3, 0.4) is 0 Å². The molecular formula is C11H16O2. The van der Waals surface area contributed by atoms with Crippen LogP contribution >= 0.6 is 0 Å². The van der Waals surface area contributed by atoms with Gasteiger partial charge in [-0.3, -0.25) is 4.79 Å². The van der Waals surface area contributed by atoms with Crippen molar-refractivity contribution in [3.05, 3.63) is 11.1 Å². The van der Waals surface area contributed by atoms with Crippen molar-refractivity contribution < 1.29 is 9.59 Å². The maximum absolute atomic E-state index is 10.9. The van der Waals surface area contributed by atoms with Crippen LogP contribution in [0.4, 0.5) is 0 Å². The first-order valence-electron chi connectivity index (χ1n) is 4.64. The summed E-state index contributed by atoms with van der Waals surface area (Å²) >= 11 is 0. The number of hydrogen-bond acceptors (Lipinski definition) is 2. The summed E-state index contributed by atoms with van der Waals surface area (Å²) in [6.07, 6.45) is 3.64. The van der Waals surface area contributed by atoms with Crippen molar-refractivity contribution in [2.24, 2.45) is 11.3 Å². The van der Waals surface area contributed by atoms with Gasteiger partial charge in [-0.15, -0.1) is 0 Å². The molecule has 0 saturated carbocycles. The van der Waals surface area contributed by atoms with Crippen LogP contribution in [0.1, 0.15) is 33.6 Å². The highest BCUT2D eigenvalue weighted by atomic mass is 16.1. The Bertz CT molecular complexity index is 261. The van der Waals surface area contributed by atoms with Gasteiger partial charge >= 0.3 is 0 Å². The van der Waals surface area contributed by atoms with Crippen LogP contribution in [0, 0.1) is 11.3 Å². The summed E-state index contributed by atoms with van der Waals surface area (Å²) < 4.78 is 0. The highest BCUT2D eigenvalue weighted by molar-refractivity contribution is 5.79. The van der Waals surface area contributed by atoms with Crippen LogP contribution in [0.5, 0.6) is 0 Å². The molecule has 0 amide bonds. The van der Waals surface area contributed by atoms with Crippen LogP contribution in [0.25, 0.3) is 0 Å². The monoisotopic (exact) mass is 180 g/mol. The predicted molar refractivity (Wildman–Crippen MR) is 51.3 cm³/mol. The average Bonchev–Trinajstić information content (AvgIpc) is 2.04. The Balaban J connectivity index is 3.12. The highest BCUT2D eigenvalue weighted by Gasteiger charge is 2.36. The minimum absolute atomic E-state index is 0.00333. The van der Waals surface area contributed by atoms with Crippen LogP contribution in [0.15, 0.2) is 11.1 Å². The van der Waals surface area contributed by atoms with E-state index in [1.54, 1.807) is 0 Å². The third kappa shape index (κ3) is 1.58. The molecule has 0 aliphatic heterocycles. The molecule has 1 aliphatic carbocycles. The molecule has 0 heterocycles. The zero-order chi connectivity index (χ0) is 10.1. The Morgan fingerprint density at radius 3 is 2.46 bits per heavy atom. The van der Waals surface area contributed by atoms with Crippen molar-refractivity contribution in [3.63, 3.8) is 0 Å². The molecule has 0 bridgehead atoms. The lowest BCUT2D eigenvalue weighted by atomic mass is 9.66. The van der Waals surface area contributed by atoms with Gasteiger partial charge in [0.1, 0.15) is 12.6 Å². The second-order valence-corrected chi connectivity index (χ2v) is 4.31. The van der Waals surface area contributed by atoms with E-state index >= 15 is 0 Å². The molecule has 0 aromatic carbocycles. The molecule has 0 spiro atoms. The number of carbonyl (C=O) groups is 2. The number of rotatable bonds is 2. The second kappa shape index (κ2) is 3.44. The van der Waals surface area contributed by atoms with Gasteiger partial charge in [-0.2, -0.15) is 0 Å². The lowest BCUT2D eigenvalue weighted by Gasteiger charge is -2.36. The summed E-state index contributed by atoms with van der Waals surface area (Å²) in [5.41, 5.74) is 1.68. The van der Waals surface area contributed by atoms with E-state index in [1.807, 2.05) is 20.8 Å². The van der Waals surface area contributed by atoms with E-state index in [1.165, 1.54) is 0 Å². The van der Waals surface area contributed by atoms with E-state index in [-0.39, 0.29) is 11.3 Å². The summed E-state index contributed by atoms with van der Waals surface area (Å²) in [5.74, 6) is -0.00333. The van der Waals surface area contributed by atoms with E-state index in [0.717, 1.165) is 36.6 Å². The standard InChI is InChI=1S/C11H16O2/c1-8-4-5-9(6-12)11(2,3)10(8)7-13/h6-7,9H,4-5H2,1-3H3. The summed E-state index contributed by atoms with van der Waals surface area (Å²) in [5, 5.41) is 0. The largest absolute Gasteiger partial charge is 0.303 e. The molecule has 2 nitrogen and oxygen atoms in total. The molecule has 13 heavy (non-hydrogen) atoms. The Labute approximate surface area is 79.0 Å². The molecule has 1 atom stereocenters. The van der Waals surface area contributed by atoms with Crippen LogP contribution < -0.4 is 0 Å². The SMILES string of the molecule is CC1=C(C=O)C(C)(C)C(C=O)CC1. The lowest BCUT2D eigenvalue weighted by molar-refractivity contribution is -0.114. The fourth-order valence-electron chi connectivity index (χ4n) is 2.11. The van der Waals surface area contributed by atoms with Crippen molar-refractivity contribution in [3.8, 4) is 0 Å². The molecule has 0 aromatic heterocycles. The Morgan fingerprint density at radius 1 is 1.38 bits per heavy atom. The number of carbonyl (C=O) groups excluding carboxylic acids is 2. The van der Waals surface area contributed by atoms with Crippen molar-refractivity contribution in [1.29, 1.82) is 0 Å². The number of allylic oxidation sites excluding steroid dienone is 2. The van der Waals surface area contributed by atoms with Crippen molar-refractivity contribution in [2.45, 2.75) is 33.6 Å². The van der Waals surface area contributed by atoms with Crippen LogP contribution in [0.2, 0.25) is 0 Å². The van der Waals surface area contributed by atoms with E-state index in [0.29, 0.717) is 0 Å². The average molecular weight is 180 g/mol. The van der Waals surface area contributed by atoms with E-state index in [2.05, 4.69) is 0 Å². The third-order valence-corrected chi connectivity index (χ3v) is 3.19. The molecule has 72 valence electrons. The fourth-order valence-corrected chi connectivity index (χ4v) is 2.11. The minimum Gasteiger partial charge on any atom is -0.303 e. The van der Waals surface area contributed by atoms with Gasteiger partial charge in [0.05, 0.1) is 0 Å². The molecule has 1 aliphatic rings. The fraction of sp³-hybridized carbons (Fsp3) is 0.636. The molecular weight excluding hydrogens is 164 g/mol. The Morgan fingerprint density at radius 2 is 2.00 bits per heavy atom. The van der Waals surface area contributed by atoms with Crippen molar-refractivity contribution >= 4 is 12.6 Å². The summed E-state index contributed by atoms with van der Waals surface area (Å²) in [6.45, 7) is 5.92. The van der Waals surface area contributed by atoms with E-state index in [4.69, 9.17) is 0 Å². The van der Waals surface area contributed by atoms with Crippen molar-refractivity contribution in [1.82, 2.24) is 0 Å². The third-order valence-electron chi connectivity index (χ3n) is 3.19. The second-order valence-electron chi connectivity index (χ2n) is 4.31. The summed E-state index contributed by atoms with van der Waals surface area (Å²) in [7, 11) is 0. The lowest BCUT2D eigenvalue weighted by Crippen LogP contribution is -2.32.